The van der Waals surface area contributed by atoms with Crippen LogP contribution in [0.3, 0.4) is 0 Å². The van der Waals surface area contributed by atoms with Crippen LogP contribution in [0.15, 0.2) is 33.6 Å². The summed E-state index contributed by atoms with van der Waals surface area (Å²) >= 11 is 3.21. The van der Waals surface area contributed by atoms with Gasteiger partial charge in [-0.3, -0.25) is 0 Å². The first-order valence-corrected chi connectivity index (χ1v) is 6.78. The molecule has 1 unspecified atom stereocenters. The first-order valence-electron chi connectivity index (χ1n) is 4.33. The Bertz CT molecular complexity index is 490. The highest BCUT2D eigenvalue weighted by atomic mass is 79.9. The summed E-state index contributed by atoms with van der Waals surface area (Å²) in [6.07, 6.45) is 0. The summed E-state index contributed by atoms with van der Waals surface area (Å²) in [5.74, 6) is -0.631. The molecule has 0 spiro atoms. The summed E-state index contributed by atoms with van der Waals surface area (Å²) in [7, 11) is -3.35. The van der Waals surface area contributed by atoms with Gasteiger partial charge in [-0.25, -0.2) is 8.42 Å². The fourth-order valence-corrected chi connectivity index (χ4v) is 3.19. The molecule has 0 saturated carbocycles. The molecule has 0 aromatic heterocycles. The van der Waals surface area contributed by atoms with Crippen molar-refractivity contribution < 1.29 is 8.42 Å². The van der Waals surface area contributed by atoms with E-state index in [2.05, 4.69) is 15.9 Å². The Morgan fingerprint density at radius 1 is 1.53 bits per heavy atom. The summed E-state index contributed by atoms with van der Waals surface area (Å²) in [6.45, 7) is 1.59. The van der Waals surface area contributed by atoms with Crippen LogP contribution in [0.25, 0.3) is 0 Å². The van der Waals surface area contributed by atoms with Crippen LogP contribution >= 0.6 is 15.9 Å². The highest BCUT2D eigenvalue weighted by Crippen LogP contribution is 2.18. The number of rotatable bonds is 3. The van der Waals surface area contributed by atoms with Crippen molar-refractivity contribution in [1.82, 2.24) is 0 Å². The Hall–Kier alpha value is -0.860. The van der Waals surface area contributed by atoms with Gasteiger partial charge in [-0.2, -0.15) is 5.26 Å². The average molecular weight is 288 g/mol. The summed E-state index contributed by atoms with van der Waals surface area (Å²) in [5.41, 5.74) is 0. The normalized spacial score (nSPS) is 13.1. The van der Waals surface area contributed by atoms with Crippen molar-refractivity contribution >= 4 is 25.8 Å². The maximum atomic E-state index is 11.8. The number of benzene rings is 1. The molecule has 5 heteroatoms. The first-order chi connectivity index (χ1) is 6.95. The van der Waals surface area contributed by atoms with Crippen LogP contribution in [0, 0.1) is 17.2 Å². The molecule has 15 heavy (non-hydrogen) atoms. The summed E-state index contributed by atoms with van der Waals surface area (Å²) in [4.78, 5) is 0.249. The molecule has 0 aliphatic heterocycles. The van der Waals surface area contributed by atoms with Crippen molar-refractivity contribution in [2.45, 2.75) is 11.8 Å². The first kappa shape index (κ1) is 12.2. The molecule has 1 aromatic rings. The predicted molar refractivity (Wildman–Crippen MR) is 61.0 cm³/mol. The van der Waals surface area contributed by atoms with Gasteiger partial charge in [-0.05, 0) is 25.1 Å². The molecule has 1 atom stereocenters. The lowest BCUT2D eigenvalue weighted by molar-refractivity contribution is 0.589. The van der Waals surface area contributed by atoms with Gasteiger partial charge in [0.25, 0.3) is 0 Å². The lowest BCUT2D eigenvalue weighted by Gasteiger charge is -2.05. The van der Waals surface area contributed by atoms with Crippen molar-refractivity contribution in [3.63, 3.8) is 0 Å². The van der Waals surface area contributed by atoms with Gasteiger partial charge in [0.2, 0.25) is 0 Å². The van der Waals surface area contributed by atoms with E-state index >= 15 is 0 Å². The van der Waals surface area contributed by atoms with E-state index < -0.39 is 15.8 Å². The lowest BCUT2D eigenvalue weighted by atomic mass is 10.3. The van der Waals surface area contributed by atoms with E-state index in [0.29, 0.717) is 4.47 Å². The highest BCUT2D eigenvalue weighted by Gasteiger charge is 2.18. The molecule has 80 valence electrons. The number of nitrogens with zero attached hydrogens (tertiary/aromatic N) is 1. The van der Waals surface area contributed by atoms with Gasteiger partial charge in [0.05, 0.1) is 22.6 Å². The van der Waals surface area contributed by atoms with E-state index in [1.807, 2.05) is 6.07 Å². The molecule has 0 aliphatic carbocycles. The van der Waals surface area contributed by atoms with Gasteiger partial charge in [0, 0.05) is 4.47 Å². The Morgan fingerprint density at radius 2 is 2.20 bits per heavy atom. The van der Waals surface area contributed by atoms with Crippen LogP contribution in [-0.2, 0) is 9.84 Å². The molecule has 3 nitrogen and oxygen atoms in total. The Morgan fingerprint density at radius 3 is 2.73 bits per heavy atom. The molecule has 0 fully saturated rings. The molecular formula is C10H10BrNO2S. The van der Waals surface area contributed by atoms with E-state index in [-0.39, 0.29) is 10.6 Å². The Balaban J connectivity index is 3.03. The third-order valence-electron chi connectivity index (χ3n) is 1.85. The molecule has 0 bridgehead atoms. The topological polar surface area (TPSA) is 57.9 Å². The zero-order valence-corrected chi connectivity index (χ0v) is 10.5. The van der Waals surface area contributed by atoms with Crippen LogP contribution in [0.5, 0.6) is 0 Å². The zero-order valence-electron chi connectivity index (χ0n) is 8.14. The van der Waals surface area contributed by atoms with Crippen LogP contribution in [0.2, 0.25) is 0 Å². The molecule has 1 aromatic carbocycles. The zero-order chi connectivity index (χ0) is 11.5. The number of hydrogen-bond acceptors (Lipinski definition) is 3. The quantitative estimate of drug-likeness (QED) is 0.858. The van der Waals surface area contributed by atoms with Gasteiger partial charge in [0.1, 0.15) is 0 Å². The van der Waals surface area contributed by atoms with Crippen molar-refractivity contribution in [3.05, 3.63) is 28.7 Å². The molecule has 0 aliphatic rings. The summed E-state index contributed by atoms with van der Waals surface area (Å²) < 4.78 is 24.3. The van der Waals surface area contributed by atoms with Crippen molar-refractivity contribution in [2.24, 2.45) is 5.92 Å². The second-order valence-corrected chi connectivity index (χ2v) is 6.22. The molecule has 0 N–H and O–H groups in total. The molecular weight excluding hydrogens is 278 g/mol. The number of halogens is 1. The van der Waals surface area contributed by atoms with Crippen molar-refractivity contribution in [2.75, 3.05) is 5.75 Å². The second-order valence-electron chi connectivity index (χ2n) is 3.27. The van der Waals surface area contributed by atoms with Gasteiger partial charge in [-0.15, -0.1) is 0 Å². The van der Waals surface area contributed by atoms with Crippen LogP contribution < -0.4 is 0 Å². The van der Waals surface area contributed by atoms with E-state index in [9.17, 15) is 8.42 Å². The van der Waals surface area contributed by atoms with E-state index in [4.69, 9.17) is 5.26 Å². The monoisotopic (exact) mass is 287 g/mol. The lowest BCUT2D eigenvalue weighted by Crippen LogP contribution is -2.12. The van der Waals surface area contributed by atoms with E-state index in [0.717, 1.165) is 0 Å². The minimum absolute atomic E-state index is 0.139. The molecule has 0 saturated heterocycles. The largest absolute Gasteiger partial charge is 0.224 e. The van der Waals surface area contributed by atoms with Crippen LogP contribution in [-0.4, -0.2) is 14.2 Å². The van der Waals surface area contributed by atoms with Gasteiger partial charge < -0.3 is 0 Å². The smallest absolute Gasteiger partial charge is 0.179 e. The molecule has 1 rings (SSSR count). The van der Waals surface area contributed by atoms with Gasteiger partial charge in [0.15, 0.2) is 9.84 Å². The Labute approximate surface area is 97.8 Å². The average Bonchev–Trinajstić information content (AvgIpc) is 2.17. The molecule has 0 amide bonds. The number of sulfone groups is 1. The number of hydrogen-bond donors (Lipinski definition) is 0. The highest BCUT2D eigenvalue weighted by molar-refractivity contribution is 9.10. The van der Waals surface area contributed by atoms with Gasteiger partial charge >= 0.3 is 0 Å². The maximum Gasteiger partial charge on any atom is 0.179 e. The van der Waals surface area contributed by atoms with Crippen molar-refractivity contribution in [1.29, 1.82) is 5.26 Å². The van der Waals surface area contributed by atoms with Crippen LogP contribution in [0.4, 0.5) is 0 Å². The summed E-state index contributed by atoms with van der Waals surface area (Å²) in [6, 6.07) is 8.40. The van der Waals surface area contributed by atoms with Crippen LogP contribution in [0.1, 0.15) is 6.92 Å². The van der Waals surface area contributed by atoms with Gasteiger partial charge in [-0.1, -0.05) is 22.0 Å². The number of nitriles is 1. The third kappa shape index (κ3) is 3.33. The molecule has 0 heterocycles. The Kier molecular flexibility index (Phi) is 3.89. The second kappa shape index (κ2) is 4.77. The fourth-order valence-electron chi connectivity index (χ4n) is 1.12. The fraction of sp³-hybridized carbons (Fsp3) is 0.300. The van der Waals surface area contributed by atoms with E-state index in [1.54, 1.807) is 25.1 Å². The minimum Gasteiger partial charge on any atom is -0.224 e. The molecule has 0 radical (unpaired) electrons. The maximum absolute atomic E-state index is 11.8. The van der Waals surface area contributed by atoms with E-state index in [1.165, 1.54) is 6.07 Å². The SMILES string of the molecule is CC(C#N)CS(=O)(=O)c1cccc(Br)c1. The standard InChI is InChI=1S/C10H10BrNO2S/c1-8(6-12)7-15(13,14)10-4-2-3-9(11)5-10/h2-5,8H,7H2,1H3. The minimum atomic E-state index is -3.35. The van der Waals surface area contributed by atoms with Crippen molar-refractivity contribution in [3.8, 4) is 6.07 Å². The third-order valence-corrected chi connectivity index (χ3v) is 4.25. The predicted octanol–water partition coefficient (Wildman–Crippen LogP) is 2.38. The summed E-state index contributed by atoms with van der Waals surface area (Å²) in [5, 5.41) is 8.58.